The summed E-state index contributed by atoms with van der Waals surface area (Å²) in [6.45, 7) is 0. The molecule has 1 nitrogen and oxygen atoms in total. The summed E-state index contributed by atoms with van der Waals surface area (Å²) < 4.78 is 2.09. The molecule has 2 aromatic rings. The zero-order valence-electron chi connectivity index (χ0n) is 9.09. The number of rotatable bonds is 3. The molecule has 18 heavy (non-hydrogen) atoms. The number of hydrogen-bond acceptors (Lipinski definition) is 2. The average molecular weight is 430 g/mol. The van der Waals surface area contributed by atoms with Crippen LogP contribution in [0, 0.1) is 0 Å². The maximum Gasteiger partial charge on any atom is 0.0758 e. The van der Waals surface area contributed by atoms with Crippen molar-refractivity contribution in [2.24, 2.45) is 5.73 Å². The lowest BCUT2D eigenvalue weighted by Crippen LogP contribution is -2.13. The van der Waals surface area contributed by atoms with Crippen molar-refractivity contribution in [2.45, 2.75) is 12.5 Å². The van der Waals surface area contributed by atoms with Crippen LogP contribution in [0.5, 0.6) is 0 Å². The van der Waals surface area contributed by atoms with Gasteiger partial charge in [-0.25, -0.2) is 0 Å². The predicted molar refractivity (Wildman–Crippen MR) is 86.8 cm³/mol. The van der Waals surface area contributed by atoms with Crippen molar-refractivity contribution in [2.75, 3.05) is 0 Å². The van der Waals surface area contributed by atoms with Crippen LogP contribution in [0.4, 0.5) is 0 Å². The Hall–Kier alpha value is 0.420. The lowest BCUT2D eigenvalue weighted by Gasteiger charge is -2.12. The predicted octanol–water partition coefficient (Wildman–Crippen LogP) is 5.82. The van der Waals surface area contributed by atoms with Crippen molar-refractivity contribution in [1.82, 2.24) is 0 Å². The molecular weight excluding hydrogens is 421 g/mol. The second-order valence-corrected chi connectivity index (χ2v) is 8.34. The summed E-state index contributed by atoms with van der Waals surface area (Å²) in [4.78, 5) is 0. The SMILES string of the molecule is NC(Cc1cccc(Cl)c1Cl)c1cc(Br)sc1Br. The van der Waals surface area contributed by atoms with E-state index in [0.717, 1.165) is 18.7 Å². The van der Waals surface area contributed by atoms with Gasteiger partial charge in [0.1, 0.15) is 0 Å². The summed E-state index contributed by atoms with van der Waals surface area (Å²) in [6, 6.07) is 7.52. The van der Waals surface area contributed by atoms with E-state index in [1.165, 1.54) is 0 Å². The Morgan fingerprint density at radius 1 is 1.28 bits per heavy atom. The molecule has 0 bridgehead atoms. The molecule has 1 unspecified atom stereocenters. The highest BCUT2D eigenvalue weighted by molar-refractivity contribution is 9.12. The Kier molecular flexibility index (Phi) is 5.14. The van der Waals surface area contributed by atoms with E-state index in [1.54, 1.807) is 17.4 Å². The van der Waals surface area contributed by atoms with Crippen LogP contribution < -0.4 is 5.73 Å². The number of benzene rings is 1. The van der Waals surface area contributed by atoms with Gasteiger partial charge in [-0.15, -0.1) is 11.3 Å². The normalized spacial score (nSPS) is 12.7. The van der Waals surface area contributed by atoms with Gasteiger partial charge < -0.3 is 5.73 Å². The molecule has 0 saturated carbocycles. The average Bonchev–Trinajstić information content (AvgIpc) is 2.64. The topological polar surface area (TPSA) is 26.0 Å². The molecule has 2 N–H and O–H groups in total. The van der Waals surface area contributed by atoms with E-state index in [2.05, 4.69) is 31.9 Å². The van der Waals surface area contributed by atoms with Gasteiger partial charge in [0, 0.05) is 6.04 Å². The summed E-state index contributed by atoms with van der Waals surface area (Å²) in [5.41, 5.74) is 8.25. The lowest BCUT2D eigenvalue weighted by molar-refractivity contribution is 0.722. The van der Waals surface area contributed by atoms with E-state index in [1.807, 2.05) is 18.2 Å². The summed E-state index contributed by atoms with van der Waals surface area (Å²) in [6.07, 6.45) is 0.654. The van der Waals surface area contributed by atoms with Crippen LogP contribution in [0.1, 0.15) is 17.2 Å². The van der Waals surface area contributed by atoms with Crippen LogP contribution in [0.25, 0.3) is 0 Å². The molecule has 0 fully saturated rings. The minimum atomic E-state index is -0.113. The highest BCUT2D eigenvalue weighted by Gasteiger charge is 2.16. The summed E-state index contributed by atoms with van der Waals surface area (Å²) in [5.74, 6) is 0. The first kappa shape index (κ1) is 14.8. The first-order chi connectivity index (χ1) is 8.49. The molecule has 6 heteroatoms. The third kappa shape index (κ3) is 3.30. The van der Waals surface area contributed by atoms with Crippen LogP contribution >= 0.6 is 66.4 Å². The van der Waals surface area contributed by atoms with Crippen LogP contribution in [-0.2, 0) is 6.42 Å². The Morgan fingerprint density at radius 3 is 2.61 bits per heavy atom. The van der Waals surface area contributed by atoms with Crippen molar-refractivity contribution in [3.63, 3.8) is 0 Å². The van der Waals surface area contributed by atoms with Gasteiger partial charge in [-0.05, 0) is 61.5 Å². The number of hydrogen-bond donors (Lipinski definition) is 1. The van der Waals surface area contributed by atoms with Crippen molar-refractivity contribution in [3.05, 3.63) is 53.0 Å². The van der Waals surface area contributed by atoms with E-state index in [0.29, 0.717) is 16.5 Å². The van der Waals surface area contributed by atoms with E-state index < -0.39 is 0 Å². The zero-order chi connectivity index (χ0) is 13.3. The van der Waals surface area contributed by atoms with Crippen LogP contribution in [0.3, 0.4) is 0 Å². The molecule has 1 heterocycles. The standard InChI is InChI=1S/C12H9Br2Cl2NS/c13-10-5-7(12(14)18-10)9(17)4-6-2-1-3-8(15)11(6)16/h1-3,5,9H,4,17H2. The van der Waals surface area contributed by atoms with E-state index in [-0.39, 0.29) is 6.04 Å². The fourth-order valence-electron chi connectivity index (χ4n) is 1.66. The summed E-state index contributed by atoms with van der Waals surface area (Å²) >= 11 is 20.7. The smallest absolute Gasteiger partial charge is 0.0758 e. The van der Waals surface area contributed by atoms with Gasteiger partial charge in [0.2, 0.25) is 0 Å². The maximum atomic E-state index is 6.21. The molecular formula is C12H9Br2Cl2NS. The molecule has 96 valence electrons. The van der Waals surface area contributed by atoms with Gasteiger partial charge in [0.05, 0.1) is 17.6 Å². The molecule has 0 radical (unpaired) electrons. The Bertz CT molecular complexity index is 571. The Balaban J connectivity index is 2.24. The second-order valence-electron chi connectivity index (χ2n) is 3.80. The fourth-order valence-corrected chi connectivity index (χ4v) is 5.06. The number of nitrogens with two attached hydrogens (primary N) is 1. The number of thiophene rings is 1. The van der Waals surface area contributed by atoms with Crippen LogP contribution in [-0.4, -0.2) is 0 Å². The van der Waals surface area contributed by atoms with Gasteiger partial charge in [0.25, 0.3) is 0 Å². The van der Waals surface area contributed by atoms with Crippen molar-refractivity contribution < 1.29 is 0 Å². The highest BCUT2D eigenvalue weighted by Crippen LogP contribution is 2.37. The van der Waals surface area contributed by atoms with Gasteiger partial charge in [-0.2, -0.15) is 0 Å². The van der Waals surface area contributed by atoms with E-state index >= 15 is 0 Å². The Labute approximate surface area is 137 Å². The van der Waals surface area contributed by atoms with Gasteiger partial charge in [-0.3, -0.25) is 0 Å². The fraction of sp³-hybridized carbons (Fsp3) is 0.167. The van der Waals surface area contributed by atoms with Gasteiger partial charge in [-0.1, -0.05) is 35.3 Å². The van der Waals surface area contributed by atoms with Crippen molar-refractivity contribution >= 4 is 66.4 Å². The molecule has 1 atom stereocenters. The first-order valence-electron chi connectivity index (χ1n) is 5.12. The molecule has 0 amide bonds. The molecule has 0 aliphatic carbocycles. The second kappa shape index (κ2) is 6.25. The molecule has 1 aromatic carbocycles. The molecule has 0 aliphatic heterocycles. The van der Waals surface area contributed by atoms with Crippen LogP contribution in [0.15, 0.2) is 31.8 Å². The highest BCUT2D eigenvalue weighted by atomic mass is 79.9. The zero-order valence-corrected chi connectivity index (χ0v) is 14.6. The van der Waals surface area contributed by atoms with Crippen molar-refractivity contribution in [1.29, 1.82) is 0 Å². The van der Waals surface area contributed by atoms with Gasteiger partial charge >= 0.3 is 0 Å². The maximum absolute atomic E-state index is 6.21. The molecule has 2 rings (SSSR count). The third-order valence-corrected chi connectivity index (χ3v) is 5.80. The third-order valence-electron chi connectivity index (χ3n) is 2.55. The monoisotopic (exact) mass is 427 g/mol. The minimum absolute atomic E-state index is 0.113. The first-order valence-corrected chi connectivity index (χ1v) is 8.28. The molecule has 0 aliphatic rings. The van der Waals surface area contributed by atoms with E-state index in [9.17, 15) is 0 Å². The quantitative estimate of drug-likeness (QED) is 0.653. The summed E-state index contributed by atoms with van der Waals surface area (Å²) in [7, 11) is 0. The summed E-state index contributed by atoms with van der Waals surface area (Å²) in [5, 5.41) is 1.15. The van der Waals surface area contributed by atoms with E-state index in [4.69, 9.17) is 28.9 Å². The van der Waals surface area contributed by atoms with Crippen molar-refractivity contribution in [3.8, 4) is 0 Å². The molecule has 0 saturated heterocycles. The van der Waals surface area contributed by atoms with Gasteiger partial charge in [0.15, 0.2) is 0 Å². The van der Waals surface area contributed by atoms with Crippen LogP contribution in [0.2, 0.25) is 10.0 Å². The largest absolute Gasteiger partial charge is 0.324 e. The molecule has 0 spiro atoms. The lowest BCUT2D eigenvalue weighted by atomic mass is 10.0. The Morgan fingerprint density at radius 2 is 2.00 bits per heavy atom. The number of halogens is 4. The minimum Gasteiger partial charge on any atom is -0.324 e. The molecule has 1 aromatic heterocycles.